The molecular formula is C33H62NO6+. The molecule has 40 heavy (non-hydrogen) atoms. The number of carboxylic acid groups (broad SMARTS) is 3. The van der Waals surface area contributed by atoms with Gasteiger partial charge in [0.25, 0.3) is 0 Å². The van der Waals surface area contributed by atoms with Crippen LogP contribution in [0.5, 0.6) is 0 Å². The lowest BCUT2D eigenvalue weighted by Crippen LogP contribution is -2.52. The monoisotopic (exact) mass is 568 g/mol. The third-order valence-corrected chi connectivity index (χ3v) is 8.04. The molecule has 7 nitrogen and oxygen atoms in total. The Hall–Kier alpha value is -1.89. The zero-order chi connectivity index (χ0) is 29.7. The Morgan fingerprint density at radius 2 is 0.750 bits per heavy atom. The maximum absolute atomic E-state index is 11.1. The number of aliphatic carboxylic acids is 3. The second-order valence-corrected chi connectivity index (χ2v) is 11.7. The van der Waals surface area contributed by atoms with E-state index in [2.05, 4.69) is 19.1 Å². The number of carboxylic acids is 3. The highest BCUT2D eigenvalue weighted by Gasteiger charge is 2.29. The number of unbranched alkanes of at least 4 members (excludes halogenated alkanes) is 18. The van der Waals surface area contributed by atoms with Crippen molar-refractivity contribution in [2.24, 2.45) is 0 Å². The molecule has 0 saturated heterocycles. The average Bonchev–Trinajstić information content (AvgIpc) is 2.92. The average molecular weight is 569 g/mol. The van der Waals surface area contributed by atoms with Crippen molar-refractivity contribution in [3.05, 3.63) is 12.2 Å². The van der Waals surface area contributed by atoms with Crippen molar-refractivity contribution in [3.63, 3.8) is 0 Å². The van der Waals surface area contributed by atoms with Crippen molar-refractivity contribution in [2.45, 2.75) is 155 Å². The first-order valence-electron chi connectivity index (χ1n) is 16.5. The molecule has 0 bridgehead atoms. The molecule has 0 aliphatic heterocycles. The van der Waals surface area contributed by atoms with Gasteiger partial charge in [-0.2, -0.15) is 0 Å². The molecule has 0 aliphatic rings. The minimum absolute atomic E-state index is 0.0738. The van der Waals surface area contributed by atoms with E-state index in [1.54, 1.807) is 0 Å². The standard InChI is InChI=1S/C33H61NO6/c1-2-3-4-5-6-7-8-9-10-11-12-13-14-15-16-17-18-19-20-21-22-23-27-34(28-24-31(35)36,29-25-32(37)38)30-26-33(39)40/h9-10H,2-8,11-30H2,1H3,(H2-,35,36,37,38,39,40)/p+1/b10-9+. The van der Waals surface area contributed by atoms with E-state index in [1.165, 1.54) is 109 Å². The summed E-state index contributed by atoms with van der Waals surface area (Å²) in [5.74, 6) is -2.79. The molecule has 0 rings (SSSR count). The van der Waals surface area contributed by atoms with Gasteiger partial charge in [-0.3, -0.25) is 14.4 Å². The predicted octanol–water partition coefficient (Wildman–Crippen LogP) is 8.61. The van der Waals surface area contributed by atoms with Crippen LogP contribution in [0.4, 0.5) is 0 Å². The summed E-state index contributed by atoms with van der Waals surface area (Å²) in [7, 11) is 0. The Labute approximate surface area is 245 Å². The largest absolute Gasteiger partial charge is 0.481 e. The molecule has 0 atom stereocenters. The molecule has 3 N–H and O–H groups in total. The van der Waals surface area contributed by atoms with E-state index in [4.69, 9.17) is 15.3 Å². The van der Waals surface area contributed by atoms with Gasteiger partial charge in [0.05, 0.1) is 45.4 Å². The highest BCUT2D eigenvalue weighted by molar-refractivity contribution is 5.67. The molecule has 0 aromatic heterocycles. The number of rotatable bonds is 31. The molecule has 0 heterocycles. The van der Waals surface area contributed by atoms with E-state index in [9.17, 15) is 14.4 Å². The highest BCUT2D eigenvalue weighted by Crippen LogP contribution is 2.17. The van der Waals surface area contributed by atoms with Crippen LogP contribution in [0.2, 0.25) is 0 Å². The van der Waals surface area contributed by atoms with Gasteiger partial charge in [-0.05, 0) is 38.5 Å². The van der Waals surface area contributed by atoms with Crippen LogP contribution in [0.25, 0.3) is 0 Å². The van der Waals surface area contributed by atoms with Crippen LogP contribution in [-0.2, 0) is 14.4 Å². The van der Waals surface area contributed by atoms with Crippen LogP contribution in [-0.4, -0.2) is 63.9 Å². The minimum Gasteiger partial charge on any atom is -0.481 e. The normalized spacial score (nSPS) is 11.8. The molecule has 7 heteroatoms. The predicted molar refractivity (Wildman–Crippen MR) is 164 cm³/mol. The van der Waals surface area contributed by atoms with Crippen molar-refractivity contribution >= 4 is 17.9 Å². The lowest BCUT2D eigenvalue weighted by Gasteiger charge is -2.38. The van der Waals surface area contributed by atoms with Crippen molar-refractivity contribution in [1.82, 2.24) is 0 Å². The van der Waals surface area contributed by atoms with Gasteiger partial charge < -0.3 is 19.8 Å². The lowest BCUT2D eigenvalue weighted by atomic mass is 10.0. The maximum atomic E-state index is 11.1. The first kappa shape index (κ1) is 38.1. The highest BCUT2D eigenvalue weighted by atomic mass is 16.4. The van der Waals surface area contributed by atoms with E-state index in [1.807, 2.05) is 0 Å². The van der Waals surface area contributed by atoms with E-state index in [0.717, 1.165) is 19.3 Å². The van der Waals surface area contributed by atoms with Crippen molar-refractivity contribution in [1.29, 1.82) is 0 Å². The van der Waals surface area contributed by atoms with Crippen LogP contribution < -0.4 is 0 Å². The molecule has 0 fully saturated rings. The number of carbonyl (C=O) groups is 3. The van der Waals surface area contributed by atoms with Gasteiger partial charge in [0, 0.05) is 0 Å². The summed E-state index contributed by atoms with van der Waals surface area (Å²) in [6.45, 7) is 3.76. The number of hydrogen-bond donors (Lipinski definition) is 3. The molecule has 0 amide bonds. The van der Waals surface area contributed by atoms with Gasteiger partial charge in [-0.25, -0.2) is 0 Å². The van der Waals surface area contributed by atoms with E-state index in [0.29, 0.717) is 6.54 Å². The molecule has 0 radical (unpaired) electrons. The number of allylic oxidation sites excluding steroid dienone is 2. The van der Waals surface area contributed by atoms with Gasteiger partial charge in [0.2, 0.25) is 0 Å². The number of hydrogen-bond acceptors (Lipinski definition) is 3. The Balaban J connectivity index is 3.83. The first-order chi connectivity index (χ1) is 19.3. The quantitative estimate of drug-likeness (QED) is 0.0438. The van der Waals surface area contributed by atoms with Crippen LogP contribution >= 0.6 is 0 Å². The third kappa shape index (κ3) is 26.3. The van der Waals surface area contributed by atoms with Crippen LogP contribution in [0, 0.1) is 0 Å². The van der Waals surface area contributed by atoms with Crippen molar-refractivity contribution < 1.29 is 34.2 Å². The zero-order valence-corrected chi connectivity index (χ0v) is 25.8. The molecule has 0 aromatic carbocycles. The molecule has 0 aliphatic carbocycles. The van der Waals surface area contributed by atoms with Gasteiger partial charge in [-0.1, -0.05) is 109 Å². The number of nitrogens with zero attached hydrogens (tertiary/aromatic N) is 1. The maximum Gasteiger partial charge on any atom is 0.309 e. The second kappa shape index (κ2) is 27.3. The summed E-state index contributed by atoms with van der Waals surface area (Å²) in [4.78, 5) is 33.4. The lowest BCUT2D eigenvalue weighted by molar-refractivity contribution is -0.927. The second-order valence-electron chi connectivity index (χ2n) is 11.7. The van der Waals surface area contributed by atoms with Gasteiger partial charge >= 0.3 is 17.9 Å². The molecule has 0 saturated carbocycles. The van der Waals surface area contributed by atoms with Crippen molar-refractivity contribution in [2.75, 3.05) is 26.2 Å². The topological polar surface area (TPSA) is 112 Å². The summed E-state index contributed by atoms with van der Waals surface area (Å²) in [6.07, 6.45) is 29.9. The van der Waals surface area contributed by atoms with E-state index >= 15 is 0 Å². The summed E-state index contributed by atoms with van der Waals surface area (Å²) in [6, 6.07) is 0. The van der Waals surface area contributed by atoms with Gasteiger partial charge in [0.1, 0.15) is 0 Å². The van der Waals surface area contributed by atoms with Crippen molar-refractivity contribution in [3.8, 4) is 0 Å². The summed E-state index contributed by atoms with van der Waals surface area (Å²) in [5.41, 5.74) is 0. The van der Waals surface area contributed by atoms with Crippen LogP contribution in [0.3, 0.4) is 0 Å². The smallest absolute Gasteiger partial charge is 0.309 e. The molecule has 0 spiro atoms. The minimum atomic E-state index is -0.931. The van der Waals surface area contributed by atoms with Crippen LogP contribution in [0.15, 0.2) is 12.2 Å². The molecule has 0 unspecified atom stereocenters. The molecule has 0 aromatic rings. The Bertz CT molecular complexity index is 618. The number of quaternary nitrogens is 1. The van der Waals surface area contributed by atoms with Gasteiger partial charge in [0.15, 0.2) is 0 Å². The van der Waals surface area contributed by atoms with Crippen LogP contribution in [0.1, 0.15) is 155 Å². The Morgan fingerprint density at radius 3 is 1.07 bits per heavy atom. The zero-order valence-electron chi connectivity index (χ0n) is 25.8. The summed E-state index contributed by atoms with van der Waals surface area (Å²) >= 11 is 0. The fraction of sp³-hybridized carbons (Fsp3) is 0.848. The first-order valence-corrected chi connectivity index (χ1v) is 16.5. The molecule has 234 valence electrons. The molecular weight excluding hydrogens is 506 g/mol. The third-order valence-electron chi connectivity index (χ3n) is 8.04. The Kier molecular flexibility index (Phi) is 26.0. The fourth-order valence-electron chi connectivity index (χ4n) is 5.42. The fourth-order valence-corrected chi connectivity index (χ4v) is 5.42. The SMILES string of the molecule is CCCCCCCC/C=C/CCCCCCCCCCCCCC[N+](CCC(=O)O)(CCC(=O)O)CCC(=O)O. The van der Waals surface area contributed by atoms with Gasteiger partial charge in [-0.15, -0.1) is 0 Å². The summed E-state index contributed by atoms with van der Waals surface area (Å²) < 4.78 is 0.264. The van der Waals surface area contributed by atoms with E-state index in [-0.39, 0.29) is 43.4 Å². The summed E-state index contributed by atoms with van der Waals surface area (Å²) in [5, 5.41) is 27.4. The Morgan fingerprint density at radius 1 is 0.450 bits per heavy atom. The van der Waals surface area contributed by atoms with E-state index < -0.39 is 17.9 Å².